The largest absolute Gasteiger partial charge is 0.483 e. The van der Waals surface area contributed by atoms with Gasteiger partial charge in [0.25, 0.3) is 11.8 Å². The normalized spacial score (nSPS) is 10.2. The molecule has 0 fully saturated rings. The molecular weight excluding hydrogens is 412 g/mol. The summed E-state index contributed by atoms with van der Waals surface area (Å²) in [5, 5.41) is 0. The van der Waals surface area contributed by atoms with Crippen LogP contribution in [-0.4, -0.2) is 25.0 Å². The highest BCUT2D eigenvalue weighted by molar-refractivity contribution is 9.10. The Morgan fingerprint density at radius 3 is 2.11 bits per heavy atom. The molecule has 0 unspecified atom stereocenters. The van der Waals surface area contributed by atoms with Gasteiger partial charge in [0.15, 0.2) is 13.2 Å². The minimum Gasteiger partial charge on any atom is -0.483 e. The molecule has 27 heavy (non-hydrogen) atoms. The molecule has 0 aliphatic heterocycles. The van der Waals surface area contributed by atoms with Crippen molar-refractivity contribution >= 4 is 27.7 Å². The van der Waals surface area contributed by atoms with Crippen LogP contribution in [-0.2, 0) is 16.0 Å². The molecule has 0 bridgehead atoms. The number of ether oxygens (including phenoxy) is 2. The van der Waals surface area contributed by atoms with E-state index in [9.17, 15) is 9.59 Å². The first-order valence-corrected chi connectivity index (χ1v) is 9.38. The van der Waals surface area contributed by atoms with Crippen molar-refractivity contribution in [3.63, 3.8) is 0 Å². The summed E-state index contributed by atoms with van der Waals surface area (Å²) in [6, 6.07) is 11.4. The Bertz CT molecular complexity index is 803. The summed E-state index contributed by atoms with van der Waals surface area (Å²) < 4.78 is 11.8. The topological polar surface area (TPSA) is 76.7 Å². The van der Waals surface area contributed by atoms with Gasteiger partial charge in [0, 0.05) is 0 Å². The van der Waals surface area contributed by atoms with E-state index in [1.54, 1.807) is 6.07 Å². The second-order valence-corrected chi connectivity index (χ2v) is 6.87. The molecule has 0 aliphatic carbocycles. The minimum absolute atomic E-state index is 0.198. The molecule has 6 nitrogen and oxygen atoms in total. The van der Waals surface area contributed by atoms with Gasteiger partial charge < -0.3 is 9.47 Å². The number of para-hydroxylation sites is 1. The molecule has 7 heteroatoms. The summed E-state index contributed by atoms with van der Waals surface area (Å²) in [6.45, 7) is 5.45. The standard InChI is InChI=1S/C20H23BrN2O4/c1-4-15-8-9-17(16(21)10-15)26-11-18(24)22-23-19(25)12-27-20-13(2)6-5-7-14(20)3/h5-10H,4,11-12H2,1-3H3,(H,22,24)(H,23,25). The number of hydrogen-bond donors (Lipinski definition) is 2. The molecule has 2 amide bonds. The number of carbonyl (C=O) groups excluding carboxylic acids is 2. The first-order valence-electron chi connectivity index (χ1n) is 8.58. The third-order valence-electron chi connectivity index (χ3n) is 3.86. The van der Waals surface area contributed by atoms with Gasteiger partial charge in [-0.1, -0.05) is 31.2 Å². The molecule has 0 aliphatic rings. The highest BCUT2D eigenvalue weighted by atomic mass is 79.9. The van der Waals surface area contributed by atoms with Crippen molar-refractivity contribution in [2.75, 3.05) is 13.2 Å². The summed E-state index contributed by atoms with van der Waals surface area (Å²) in [6.07, 6.45) is 0.912. The summed E-state index contributed by atoms with van der Waals surface area (Å²) in [5.74, 6) is 0.302. The quantitative estimate of drug-likeness (QED) is 0.655. The molecular formula is C20H23BrN2O4. The van der Waals surface area contributed by atoms with E-state index in [1.165, 1.54) is 0 Å². The Labute approximate surface area is 167 Å². The SMILES string of the molecule is CCc1ccc(OCC(=O)NNC(=O)COc2c(C)cccc2C)c(Br)c1. The van der Waals surface area contributed by atoms with Crippen LogP contribution in [0, 0.1) is 13.8 Å². The van der Waals surface area contributed by atoms with Crippen LogP contribution in [0.5, 0.6) is 11.5 Å². The molecule has 0 atom stereocenters. The Morgan fingerprint density at radius 1 is 0.963 bits per heavy atom. The number of nitrogens with one attached hydrogen (secondary N) is 2. The molecule has 2 rings (SSSR count). The van der Waals surface area contributed by atoms with Gasteiger partial charge >= 0.3 is 0 Å². The number of aryl methyl sites for hydroxylation is 3. The van der Waals surface area contributed by atoms with Crippen LogP contribution < -0.4 is 20.3 Å². The number of amides is 2. The monoisotopic (exact) mass is 434 g/mol. The van der Waals surface area contributed by atoms with Crippen LogP contribution in [0.25, 0.3) is 0 Å². The van der Waals surface area contributed by atoms with Crippen LogP contribution in [0.3, 0.4) is 0 Å². The van der Waals surface area contributed by atoms with Crippen molar-refractivity contribution < 1.29 is 19.1 Å². The highest BCUT2D eigenvalue weighted by Gasteiger charge is 2.10. The second-order valence-electron chi connectivity index (χ2n) is 6.01. The van der Waals surface area contributed by atoms with E-state index in [0.29, 0.717) is 11.5 Å². The average molecular weight is 435 g/mol. The van der Waals surface area contributed by atoms with Crippen molar-refractivity contribution in [2.45, 2.75) is 27.2 Å². The molecule has 0 saturated carbocycles. The summed E-state index contributed by atoms with van der Waals surface area (Å²) in [4.78, 5) is 23.7. The van der Waals surface area contributed by atoms with E-state index in [4.69, 9.17) is 9.47 Å². The third kappa shape index (κ3) is 6.29. The van der Waals surface area contributed by atoms with E-state index in [0.717, 1.165) is 27.6 Å². The molecule has 2 N–H and O–H groups in total. The van der Waals surface area contributed by atoms with E-state index in [-0.39, 0.29) is 13.2 Å². The lowest BCUT2D eigenvalue weighted by molar-refractivity contribution is -0.131. The fourth-order valence-corrected chi connectivity index (χ4v) is 2.94. The molecule has 0 spiro atoms. The minimum atomic E-state index is -0.470. The number of hydrazine groups is 1. The Hall–Kier alpha value is -2.54. The zero-order valence-corrected chi connectivity index (χ0v) is 17.2. The predicted molar refractivity (Wildman–Crippen MR) is 107 cm³/mol. The van der Waals surface area contributed by atoms with Crippen molar-refractivity contribution in [3.8, 4) is 11.5 Å². The van der Waals surface area contributed by atoms with E-state index in [1.807, 2.05) is 44.2 Å². The maximum Gasteiger partial charge on any atom is 0.276 e. The number of carbonyl (C=O) groups is 2. The van der Waals surface area contributed by atoms with E-state index >= 15 is 0 Å². The second kappa shape index (κ2) is 9.97. The fraction of sp³-hybridized carbons (Fsp3) is 0.300. The zero-order valence-electron chi connectivity index (χ0n) is 15.6. The molecule has 2 aromatic rings. The van der Waals surface area contributed by atoms with Crippen molar-refractivity contribution in [1.82, 2.24) is 10.9 Å². The highest BCUT2D eigenvalue weighted by Crippen LogP contribution is 2.26. The maximum absolute atomic E-state index is 11.8. The van der Waals surface area contributed by atoms with Crippen molar-refractivity contribution in [2.24, 2.45) is 0 Å². The summed E-state index contributed by atoms with van der Waals surface area (Å²) >= 11 is 3.41. The third-order valence-corrected chi connectivity index (χ3v) is 4.48. The van der Waals surface area contributed by atoms with Gasteiger partial charge in [0.05, 0.1) is 4.47 Å². The fourth-order valence-electron chi connectivity index (χ4n) is 2.40. The van der Waals surface area contributed by atoms with Gasteiger partial charge in [0.1, 0.15) is 11.5 Å². The van der Waals surface area contributed by atoms with Crippen LogP contribution in [0.1, 0.15) is 23.6 Å². The number of benzene rings is 2. The Morgan fingerprint density at radius 2 is 1.56 bits per heavy atom. The summed E-state index contributed by atoms with van der Waals surface area (Å²) in [5.41, 5.74) is 7.66. The molecule has 0 aromatic heterocycles. The molecule has 2 aromatic carbocycles. The lowest BCUT2D eigenvalue weighted by atomic mass is 10.1. The van der Waals surface area contributed by atoms with Gasteiger partial charge in [-0.15, -0.1) is 0 Å². The van der Waals surface area contributed by atoms with Gasteiger partial charge in [-0.2, -0.15) is 0 Å². The Balaban J connectivity index is 1.74. The zero-order chi connectivity index (χ0) is 19.8. The Kier molecular flexibility index (Phi) is 7.67. The molecule has 0 heterocycles. The lowest BCUT2D eigenvalue weighted by Crippen LogP contribution is -2.45. The number of rotatable bonds is 7. The van der Waals surface area contributed by atoms with E-state index in [2.05, 4.69) is 33.7 Å². The van der Waals surface area contributed by atoms with E-state index < -0.39 is 11.8 Å². The van der Waals surface area contributed by atoms with Gasteiger partial charge in [-0.05, 0) is 65.0 Å². The van der Waals surface area contributed by atoms with Crippen molar-refractivity contribution in [1.29, 1.82) is 0 Å². The molecule has 0 saturated heterocycles. The van der Waals surface area contributed by atoms with Crippen LogP contribution in [0.15, 0.2) is 40.9 Å². The van der Waals surface area contributed by atoms with Crippen LogP contribution in [0.4, 0.5) is 0 Å². The molecule has 144 valence electrons. The maximum atomic E-state index is 11.8. The lowest BCUT2D eigenvalue weighted by Gasteiger charge is -2.13. The molecule has 0 radical (unpaired) electrons. The summed E-state index contributed by atoms with van der Waals surface area (Å²) in [7, 11) is 0. The number of halogens is 1. The average Bonchev–Trinajstić information content (AvgIpc) is 2.64. The van der Waals surface area contributed by atoms with Gasteiger partial charge in [0.2, 0.25) is 0 Å². The number of hydrogen-bond acceptors (Lipinski definition) is 4. The smallest absolute Gasteiger partial charge is 0.276 e. The van der Waals surface area contributed by atoms with Crippen molar-refractivity contribution in [3.05, 3.63) is 57.6 Å². The first kappa shape index (κ1) is 20.8. The van der Waals surface area contributed by atoms with Crippen LogP contribution in [0.2, 0.25) is 0 Å². The first-order chi connectivity index (χ1) is 12.9. The predicted octanol–water partition coefficient (Wildman–Crippen LogP) is 3.23. The van der Waals surface area contributed by atoms with Crippen LogP contribution >= 0.6 is 15.9 Å². The van der Waals surface area contributed by atoms with Gasteiger partial charge in [-0.3, -0.25) is 20.4 Å². The van der Waals surface area contributed by atoms with Gasteiger partial charge in [-0.25, -0.2) is 0 Å².